The number of morpholine rings is 1. The van der Waals surface area contributed by atoms with Crippen LogP contribution in [0.3, 0.4) is 0 Å². The van der Waals surface area contributed by atoms with Gasteiger partial charge < -0.3 is 9.47 Å². The van der Waals surface area contributed by atoms with Crippen molar-refractivity contribution in [3.05, 3.63) is 11.6 Å². The highest BCUT2D eigenvalue weighted by Gasteiger charge is 2.61. The molecule has 0 aromatic heterocycles. The van der Waals surface area contributed by atoms with Crippen LogP contribution in [0.2, 0.25) is 0 Å². The molecule has 0 amide bonds. The zero-order valence-corrected chi connectivity index (χ0v) is 21.8. The van der Waals surface area contributed by atoms with Crippen LogP contribution in [0.25, 0.3) is 0 Å². The Balaban J connectivity index is 1.22. The molecule has 0 bridgehead atoms. The lowest BCUT2D eigenvalue weighted by Gasteiger charge is -2.58. The summed E-state index contributed by atoms with van der Waals surface area (Å²) in [6.45, 7) is 13.2. The number of fused-ring (bicyclic) bond motifs is 5. The number of ether oxygens (including phenoxy) is 2. The molecule has 1 aliphatic heterocycles. The molecule has 0 N–H and O–H groups in total. The Morgan fingerprint density at radius 2 is 1.91 bits per heavy atom. The standard InChI is InChI=1S/C29H45NO4/c1-19-17-25-23-6-5-21-18-22(34-26(32)9-12-30-13-15-33-16-14-30)7-10-28(21,3)24(23)8-11-29(25,4)27(19)20(2)31/h5,19,22-25,27H,6-18H2,1-4H3/t19-,22+,23-,24-,25-,27+,28+,29+/m1/s1. The molecule has 0 aromatic carbocycles. The predicted molar refractivity (Wildman–Crippen MR) is 132 cm³/mol. The number of hydrogen-bond donors (Lipinski definition) is 0. The summed E-state index contributed by atoms with van der Waals surface area (Å²) in [6.07, 6.45) is 10.8. The number of rotatable bonds is 5. The van der Waals surface area contributed by atoms with Crippen LogP contribution in [0, 0.1) is 40.4 Å². The van der Waals surface area contributed by atoms with Gasteiger partial charge in [-0.25, -0.2) is 0 Å². The Hall–Kier alpha value is -1.20. The Kier molecular flexibility index (Phi) is 6.74. The minimum Gasteiger partial charge on any atom is -0.462 e. The maximum Gasteiger partial charge on any atom is 0.307 e. The van der Waals surface area contributed by atoms with Gasteiger partial charge in [-0.3, -0.25) is 14.5 Å². The van der Waals surface area contributed by atoms with E-state index in [2.05, 4.69) is 31.7 Å². The highest BCUT2D eigenvalue weighted by atomic mass is 16.5. The van der Waals surface area contributed by atoms with E-state index < -0.39 is 0 Å². The van der Waals surface area contributed by atoms with Gasteiger partial charge in [0.25, 0.3) is 0 Å². The van der Waals surface area contributed by atoms with Crippen molar-refractivity contribution in [1.29, 1.82) is 0 Å². The number of ketones is 1. The van der Waals surface area contributed by atoms with Crippen LogP contribution in [-0.2, 0) is 19.1 Å². The van der Waals surface area contributed by atoms with Crippen molar-refractivity contribution in [1.82, 2.24) is 4.90 Å². The molecule has 5 heteroatoms. The number of Topliss-reactive ketones (excluding diaryl/α,β-unsaturated/α-hetero) is 1. The molecule has 1 heterocycles. The fourth-order valence-corrected chi connectivity index (χ4v) is 9.28. The maximum absolute atomic E-state index is 12.6. The Labute approximate surface area is 206 Å². The lowest BCUT2D eigenvalue weighted by molar-refractivity contribution is -0.152. The Morgan fingerprint density at radius 1 is 1.15 bits per heavy atom. The Morgan fingerprint density at radius 3 is 2.65 bits per heavy atom. The number of esters is 1. The van der Waals surface area contributed by atoms with E-state index in [9.17, 15) is 9.59 Å². The van der Waals surface area contributed by atoms with Crippen molar-refractivity contribution in [3.8, 4) is 0 Å². The molecule has 5 rings (SSSR count). The molecule has 190 valence electrons. The van der Waals surface area contributed by atoms with Gasteiger partial charge in [-0.15, -0.1) is 0 Å². The van der Waals surface area contributed by atoms with Crippen molar-refractivity contribution in [2.75, 3.05) is 32.8 Å². The first-order chi connectivity index (χ1) is 16.2. The third kappa shape index (κ3) is 4.19. The summed E-state index contributed by atoms with van der Waals surface area (Å²) < 4.78 is 11.4. The summed E-state index contributed by atoms with van der Waals surface area (Å²) in [5, 5.41) is 0. The van der Waals surface area contributed by atoms with E-state index in [0.717, 1.165) is 58.5 Å². The van der Waals surface area contributed by atoms with Crippen LogP contribution < -0.4 is 0 Å². The molecular formula is C29H45NO4. The van der Waals surface area contributed by atoms with Crippen molar-refractivity contribution in [3.63, 3.8) is 0 Å². The fraction of sp³-hybridized carbons (Fsp3) is 0.862. The fourth-order valence-electron chi connectivity index (χ4n) is 9.28. The van der Waals surface area contributed by atoms with Gasteiger partial charge in [0, 0.05) is 32.0 Å². The summed E-state index contributed by atoms with van der Waals surface area (Å²) >= 11 is 0. The van der Waals surface area contributed by atoms with E-state index in [-0.39, 0.29) is 28.8 Å². The number of allylic oxidation sites excluding steroid dienone is 1. The summed E-state index contributed by atoms with van der Waals surface area (Å²) in [6, 6.07) is 0. The molecule has 1 saturated heterocycles. The van der Waals surface area contributed by atoms with Crippen LogP contribution in [0.1, 0.15) is 79.1 Å². The van der Waals surface area contributed by atoms with Crippen LogP contribution in [0.5, 0.6) is 0 Å². The molecule has 0 radical (unpaired) electrons. The number of nitrogens with zero attached hydrogens (tertiary/aromatic N) is 1. The van der Waals surface area contributed by atoms with Crippen molar-refractivity contribution < 1.29 is 19.1 Å². The van der Waals surface area contributed by atoms with Crippen LogP contribution in [0.15, 0.2) is 11.6 Å². The SMILES string of the molecule is CC(=O)[C@@H]1[C@H](C)C[C@@H]2[C@@H]3CC=C4C[C@@H](OC(=O)CCN5CCOCC5)CC[C@]4(C)[C@@H]3CC[C@@]21C. The zero-order valence-electron chi connectivity index (χ0n) is 21.8. The molecule has 3 saturated carbocycles. The normalized spacial score (nSPS) is 44.4. The first-order valence-corrected chi connectivity index (χ1v) is 13.9. The van der Waals surface area contributed by atoms with E-state index in [1.807, 2.05) is 6.92 Å². The molecule has 0 aromatic rings. The second-order valence-corrected chi connectivity index (χ2v) is 12.7. The summed E-state index contributed by atoms with van der Waals surface area (Å²) in [5.74, 6) is 3.19. The molecule has 5 aliphatic rings. The van der Waals surface area contributed by atoms with Gasteiger partial charge in [0.15, 0.2) is 0 Å². The average Bonchev–Trinajstić information content (AvgIpc) is 3.08. The van der Waals surface area contributed by atoms with Gasteiger partial charge in [0.1, 0.15) is 11.9 Å². The van der Waals surface area contributed by atoms with Crippen LogP contribution in [-0.4, -0.2) is 55.6 Å². The minimum atomic E-state index is -0.0435. The summed E-state index contributed by atoms with van der Waals surface area (Å²) in [7, 11) is 0. The Bertz CT molecular complexity index is 832. The van der Waals surface area contributed by atoms with E-state index in [4.69, 9.17) is 9.47 Å². The van der Waals surface area contributed by atoms with Gasteiger partial charge in [-0.05, 0) is 80.0 Å². The molecule has 4 aliphatic carbocycles. The third-order valence-electron chi connectivity index (χ3n) is 10.9. The largest absolute Gasteiger partial charge is 0.462 e. The average molecular weight is 472 g/mol. The molecule has 0 unspecified atom stereocenters. The molecule has 5 nitrogen and oxygen atoms in total. The molecule has 4 fully saturated rings. The smallest absolute Gasteiger partial charge is 0.307 e. The number of carbonyl (C=O) groups is 2. The van der Waals surface area contributed by atoms with Gasteiger partial charge in [-0.1, -0.05) is 32.4 Å². The van der Waals surface area contributed by atoms with E-state index in [1.165, 1.54) is 19.3 Å². The summed E-state index contributed by atoms with van der Waals surface area (Å²) in [4.78, 5) is 27.4. The van der Waals surface area contributed by atoms with E-state index >= 15 is 0 Å². The lowest BCUT2D eigenvalue weighted by Crippen LogP contribution is -2.51. The monoisotopic (exact) mass is 471 g/mol. The van der Waals surface area contributed by atoms with Gasteiger partial charge >= 0.3 is 5.97 Å². The van der Waals surface area contributed by atoms with E-state index in [1.54, 1.807) is 5.57 Å². The molecular weight excluding hydrogens is 426 g/mol. The van der Waals surface area contributed by atoms with Crippen LogP contribution >= 0.6 is 0 Å². The predicted octanol–water partition coefficient (Wildman–Crippen LogP) is 5.03. The second kappa shape index (κ2) is 9.35. The number of hydrogen-bond acceptors (Lipinski definition) is 5. The first-order valence-electron chi connectivity index (χ1n) is 13.9. The highest BCUT2D eigenvalue weighted by molar-refractivity contribution is 5.80. The van der Waals surface area contributed by atoms with Crippen molar-refractivity contribution in [2.45, 2.75) is 85.2 Å². The third-order valence-corrected chi connectivity index (χ3v) is 10.9. The van der Waals surface area contributed by atoms with Gasteiger partial charge in [0.05, 0.1) is 19.6 Å². The van der Waals surface area contributed by atoms with Gasteiger partial charge in [0.2, 0.25) is 0 Å². The van der Waals surface area contributed by atoms with E-state index in [0.29, 0.717) is 35.9 Å². The topological polar surface area (TPSA) is 55.8 Å². The first kappa shape index (κ1) is 24.5. The summed E-state index contributed by atoms with van der Waals surface area (Å²) in [5.41, 5.74) is 1.96. The zero-order chi connectivity index (χ0) is 24.1. The van der Waals surface area contributed by atoms with Crippen molar-refractivity contribution >= 4 is 11.8 Å². The van der Waals surface area contributed by atoms with Crippen molar-refractivity contribution in [2.24, 2.45) is 40.4 Å². The molecule has 34 heavy (non-hydrogen) atoms. The number of carbonyl (C=O) groups excluding carboxylic acids is 2. The highest BCUT2D eigenvalue weighted by Crippen LogP contribution is 2.67. The molecule has 8 atom stereocenters. The van der Waals surface area contributed by atoms with Gasteiger partial charge in [-0.2, -0.15) is 0 Å². The van der Waals surface area contributed by atoms with Crippen LogP contribution in [0.4, 0.5) is 0 Å². The molecule has 0 spiro atoms. The quantitative estimate of drug-likeness (QED) is 0.416. The minimum absolute atomic E-state index is 0.0375. The maximum atomic E-state index is 12.6. The lowest BCUT2D eigenvalue weighted by atomic mass is 9.47. The second-order valence-electron chi connectivity index (χ2n) is 12.7.